The molecule has 26 heavy (non-hydrogen) atoms. The number of carbonyl (C=O) groups excluding carboxylic acids is 1. The van der Waals surface area contributed by atoms with Crippen molar-refractivity contribution < 1.29 is 4.79 Å². The highest BCUT2D eigenvalue weighted by Gasteiger charge is 2.15. The molecule has 4 aromatic rings. The maximum atomic E-state index is 12.7. The lowest BCUT2D eigenvalue weighted by molar-refractivity contribution is 0.0950. The minimum absolute atomic E-state index is 0.00288. The van der Waals surface area contributed by atoms with E-state index in [1.165, 1.54) is 0 Å². The van der Waals surface area contributed by atoms with Crippen LogP contribution in [0.4, 0.5) is 0 Å². The number of benzene rings is 3. The number of imidazole rings is 1. The van der Waals surface area contributed by atoms with Crippen LogP contribution in [0.2, 0.25) is 0 Å². The molecule has 0 saturated heterocycles. The summed E-state index contributed by atoms with van der Waals surface area (Å²) < 4.78 is 2.01. The molecule has 0 aliphatic carbocycles. The van der Waals surface area contributed by atoms with Gasteiger partial charge in [-0.3, -0.25) is 4.79 Å². The second-order valence-electron chi connectivity index (χ2n) is 6.21. The molecule has 1 N–H and O–H groups in total. The van der Waals surface area contributed by atoms with Crippen molar-refractivity contribution in [3.63, 3.8) is 0 Å². The molecule has 0 spiro atoms. The van der Waals surface area contributed by atoms with E-state index in [1.54, 1.807) is 12.5 Å². The second kappa shape index (κ2) is 7.23. The molecule has 1 heterocycles. The second-order valence-corrected chi connectivity index (χ2v) is 6.21. The van der Waals surface area contributed by atoms with E-state index in [9.17, 15) is 4.79 Å². The fourth-order valence-electron chi connectivity index (χ4n) is 3.15. The van der Waals surface area contributed by atoms with Crippen molar-refractivity contribution >= 4 is 16.7 Å². The van der Waals surface area contributed by atoms with Crippen LogP contribution in [0, 0.1) is 0 Å². The molecule has 0 fully saturated rings. The zero-order valence-electron chi connectivity index (χ0n) is 14.2. The molecule has 1 unspecified atom stereocenters. The molecular formula is C22H19N3O. The molecule has 3 aromatic carbocycles. The zero-order valence-corrected chi connectivity index (χ0v) is 14.2. The smallest absolute Gasteiger partial charge is 0.251 e. The van der Waals surface area contributed by atoms with Gasteiger partial charge in [0.05, 0.1) is 12.4 Å². The highest BCUT2D eigenvalue weighted by atomic mass is 16.1. The Morgan fingerprint density at radius 2 is 1.73 bits per heavy atom. The molecule has 0 saturated carbocycles. The van der Waals surface area contributed by atoms with Crippen LogP contribution in [-0.2, 0) is 0 Å². The molecule has 4 rings (SSSR count). The van der Waals surface area contributed by atoms with Gasteiger partial charge >= 0.3 is 0 Å². The molecular weight excluding hydrogens is 322 g/mol. The van der Waals surface area contributed by atoms with Crippen molar-refractivity contribution in [2.45, 2.75) is 6.04 Å². The highest BCUT2D eigenvalue weighted by molar-refractivity contribution is 5.98. The SMILES string of the molecule is O=C(NCC(c1ccccc1)n1ccnc1)c1ccc2ccccc2c1. The molecule has 4 nitrogen and oxygen atoms in total. The maximum Gasteiger partial charge on any atom is 0.251 e. The largest absolute Gasteiger partial charge is 0.350 e. The Labute approximate surface area is 152 Å². The van der Waals surface area contributed by atoms with Crippen LogP contribution < -0.4 is 5.32 Å². The minimum Gasteiger partial charge on any atom is -0.350 e. The molecule has 0 bridgehead atoms. The van der Waals surface area contributed by atoms with Crippen LogP contribution >= 0.6 is 0 Å². The number of carbonyl (C=O) groups is 1. The van der Waals surface area contributed by atoms with E-state index < -0.39 is 0 Å². The Morgan fingerprint density at radius 3 is 2.50 bits per heavy atom. The number of amides is 1. The van der Waals surface area contributed by atoms with Crippen LogP contribution in [0.5, 0.6) is 0 Å². The third kappa shape index (κ3) is 3.35. The summed E-state index contributed by atoms with van der Waals surface area (Å²) in [7, 11) is 0. The number of nitrogens with one attached hydrogen (secondary N) is 1. The molecule has 0 radical (unpaired) electrons. The predicted molar refractivity (Wildman–Crippen MR) is 103 cm³/mol. The van der Waals surface area contributed by atoms with Gasteiger partial charge in [-0.2, -0.15) is 0 Å². The Bertz CT molecular complexity index is 1010. The lowest BCUT2D eigenvalue weighted by Gasteiger charge is -2.19. The first-order valence-electron chi connectivity index (χ1n) is 8.60. The van der Waals surface area contributed by atoms with Gasteiger partial charge in [0.1, 0.15) is 0 Å². The van der Waals surface area contributed by atoms with E-state index in [2.05, 4.69) is 22.4 Å². The maximum absolute atomic E-state index is 12.7. The summed E-state index contributed by atoms with van der Waals surface area (Å²) in [6, 6.07) is 23.9. The third-order valence-electron chi connectivity index (χ3n) is 4.54. The van der Waals surface area contributed by atoms with Gasteiger partial charge in [0.2, 0.25) is 0 Å². The van der Waals surface area contributed by atoms with Gasteiger partial charge in [0.25, 0.3) is 5.91 Å². The topological polar surface area (TPSA) is 46.9 Å². The summed E-state index contributed by atoms with van der Waals surface area (Å²) in [6.45, 7) is 0.492. The highest BCUT2D eigenvalue weighted by Crippen LogP contribution is 2.18. The van der Waals surface area contributed by atoms with Gasteiger partial charge < -0.3 is 9.88 Å². The third-order valence-corrected chi connectivity index (χ3v) is 4.54. The Kier molecular flexibility index (Phi) is 4.48. The Hall–Kier alpha value is -3.40. The van der Waals surface area contributed by atoms with E-state index in [4.69, 9.17) is 0 Å². The molecule has 0 aliphatic rings. The first-order valence-corrected chi connectivity index (χ1v) is 8.60. The lowest BCUT2D eigenvalue weighted by Crippen LogP contribution is -2.31. The zero-order chi connectivity index (χ0) is 17.8. The van der Waals surface area contributed by atoms with Gasteiger partial charge in [-0.05, 0) is 28.5 Å². The van der Waals surface area contributed by atoms with E-state index in [-0.39, 0.29) is 11.9 Å². The van der Waals surface area contributed by atoms with Crippen molar-refractivity contribution in [2.24, 2.45) is 0 Å². The molecule has 1 aromatic heterocycles. The van der Waals surface area contributed by atoms with E-state index in [0.717, 1.165) is 16.3 Å². The summed E-state index contributed by atoms with van der Waals surface area (Å²) in [5.74, 6) is -0.0724. The van der Waals surface area contributed by atoms with Gasteiger partial charge in [0, 0.05) is 24.5 Å². The monoisotopic (exact) mass is 341 g/mol. The van der Waals surface area contributed by atoms with Crippen molar-refractivity contribution in [3.05, 3.63) is 103 Å². The van der Waals surface area contributed by atoms with Gasteiger partial charge in [-0.1, -0.05) is 60.7 Å². The molecule has 1 amide bonds. The molecule has 128 valence electrons. The van der Waals surface area contributed by atoms with Gasteiger partial charge in [-0.15, -0.1) is 0 Å². The van der Waals surface area contributed by atoms with Crippen LogP contribution in [0.3, 0.4) is 0 Å². The first kappa shape index (κ1) is 16.1. The molecule has 1 atom stereocenters. The number of hydrogen-bond acceptors (Lipinski definition) is 2. The van der Waals surface area contributed by atoms with Crippen LogP contribution in [-0.4, -0.2) is 22.0 Å². The van der Waals surface area contributed by atoms with Crippen LogP contribution in [0.25, 0.3) is 10.8 Å². The van der Waals surface area contributed by atoms with Crippen LogP contribution in [0.15, 0.2) is 91.5 Å². The summed E-state index contributed by atoms with van der Waals surface area (Å²) in [5, 5.41) is 5.26. The number of hydrogen-bond donors (Lipinski definition) is 1. The number of aromatic nitrogens is 2. The first-order chi connectivity index (χ1) is 12.8. The lowest BCUT2D eigenvalue weighted by atomic mass is 10.1. The fraction of sp³-hybridized carbons (Fsp3) is 0.0909. The van der Waals surface area contributed by atoms with Crippen molar-refractivity contribution in [1.82, 2.24) is 14.9 Å². The number of nitrogens with zero attached hydrogens (tertiary/aromatic N) is 2. The van der Waals surface area contributed by atoms with Crippen LogP contribution in [0.1, 0.15) is 22.0 Å². The summed E-state index contributed by atoms with van der Waals surface area (Å²) in [6.07, 6.45) is 5.45. The van der Waals surface area contributed by atoms with E-state index in [1.807, 2.05) is 71.4 Å². The average molecular weight is 341 g/mol. The average Bonchev–Trinajstić information content (AvgIpc) is 3.23. The minimum atomic E-state index is -0.0724. The van der Waals surface area contributed by atoms with Crippen molar-refractivity contribution in [2.75, 3.05) is 6.54 Å². The molecule has 4 heteroatoms. The Balaban J connectivity index is 1.54. The van der Waals surface area contributed by atoms with Gasteiger partial charge in [0.15, 0.2) is 0 Å². The number of fused-ring (bicyclic) bond motifs is 1. The normalized spacial score (nSPS) is 12.0. The van der Waals surface area contributed by atoms with Crippen molar-refractivity contribution in [3.8, 4) is 0 Å². The van der Waals surface area contributed by atoms with E-state index >= 15 is 0 Å². The van der Waals surface area contributed by atoms with E-state index in [0.29, 0.717) is 12.1 Å². The standard InChI is InChI=1S/C22H19N3O/c26-22(20-11-10-17-6-4-5-9-19(17)14-20)24-15-21(25-13-12-23-16-25)18-7-2-1-3-8-18/h1-14,16,21H,15H2,(H,24,26). The Morgan fingerprint density at radius 1 is 0.962 bits per heavy atom. The summed E-state index contributed by atoms with van der Waals surface area (Å²) in [5.41, 5.74) is 1.80. The van der Waals surface area contributed by atoms with Gasteiger partial charge in [-0.25, -0.2) is 4.98 Å². The quantitative estimate of drug-likeness (QED) is 0.595. The van der Waals surface area contributed by atoms with Crippen molar-refractivity contribution in [1.29, 1.82) is 0 Å². The molecule has 0 aliphatic heterocycles. The summed E-state index contributed by atoms with van der Waals surface area (Å²) >= 11 is 0. The predicted octanol–water partition coefficient (Wildman–Crippen LogP) is 4.06. The fourth-order valence-corrected chi connectivity index (χ4v) is 3.15. The number of rotatable bonds is 5. The summed E-state index contributed by atoms with van der Waals surface area (Å²) in [4.78, 5) is 16.8.